The number of nitrogens with one attached hydrogen (secondary N) is 4. The van der Waals surface area contributed by atoms with E-state index in [-0.39, 0.29) is 37.2 Å². The zero-order valence-electron chi connectivity index (χ0n) is 33.8. The Morgan fingerprint density at radius 1 is 0.633 bits per heavy atom. The first-order valence-corrected chi connectivity index (χ1v) is 23.0. The van der Waals surface area contributed by atoms with Crippen LogP contribution in [0.1, 0.15) is 38.5 Å². The molecule has 0 unspecified atom stereocenters. The SMILES string of the molecule is ClCC[NH+]1CCCCC1.[Cl-].[Cl-].[Cl-].c1ccc2c(-c3cncc(-c4ccsc4)c3)c[nH]c2c1.c1ccc2c(c1)c(-c1c[nH+]cc(-c3ccsc3)c1)cn2CC[NH+]1CCCCC1. The van der Waals surface area contributed by atoms with Gasteiger partial charge in [-0.2, -0.15) is 22.7 Å². The lowest BCUT2D eigenvalue weighted by Gasteiger charge is -2.23. The minimum atomic E-state index is 0. The van der Waals surface area contributed by atoms with Crippen molar-refractivity contribution in [1.82, 2.24) is 14.5 Å². The highest BCUT2D eigenvalue weighted by Crippen LogP contribution is 2.33. The van der Waals surface area contributed by atoms with Crippen LogP contribution in [0, 0.1) is 0 Å². The number of nitrogens with zero attached hydrogens (tertiary/aromatic N) is 2. The summed E-state index contributed by atoms with van der Waals surface area (Å²) < 4.78 is 2.46. The van der Waals surface area contributed by atoms with Gasteiger partial charge in [0.15, 0.2) is 12.4 Å². The maximum absolute atomic E-state index is 5.61. The monoisotopic (exact) mass is 918 g/mol. The molecule has 0 aliphatic carbocycles. The molecule has 0 saturated carbocycles. The summed E-state index contributed by atoms with van der Waals surface area (Å²) in [5, 5.41) is 11.2. The minimum absolute atomic E-state index is 0. The summed E-state index contributed by atoms with van der Waals surface area (Å²) in [5.41, 5.74) is 12.3. The Hall–Kier alpha value is -3.70. The van der Waals surface area contributed by atoms with E-state index in [0.717, 1.165) is 29.1 Å². The van der Waals surface area contributed by atoms with Gasteiger partial charge in [-0.25, -0.2) is 4.98 Å². The summed E-state index contributed by atoms with van der Waals surface area (Å²) >= 11 is 9.06. The molecular weight excluding hydrogens is 867 g/mol. The third-order valence-electron chi connectivity index (χ3n) is 11.5. The van der Waals surface area contributed by atoms with E-state index in [1.807, 2.05) is 18.5 Å². The number of para-hydroxylation sites is 2. The van der Waals surface area contributed by atoms with Crippen LogP contribution in [0.3, 0.4) is 0 Å². The molecule has 4 N–H and O–H groups in total. The van der Waals surface area contributed by atoms with Crippen molar-refractivity contribution < 1.29 is 52.0 Å². The number of piperidine rings is 2. The molecule has 6 aromatic heterocycles. The molecule has 0 spiro atoms. The van der Waals surface area contributed by atoms with Crippen LogP contribution in [0.4, 0.5) is 0 Å². The van der Waals surface area contributed by atoms with Gasteiger partial charge < -0.3 is 56.6 Å². The average Bonchev–Trinajstić information content (AvgIpc) is 4.12. The Morgan fingerprint density at radius 3 is 1.92 bits per heavy atom. The van der Waals surface area contributed by atoms with E-state index in [9.17, 15) is 0 Å². The number of pyridine rings is 2. The zero-order valence-corrected chi connectivity index (χ0v) is 38.5. The number of halogens is 4. The molecule has 8 heterocycles. The second-order valence-corrected chi connectivity index (χ2v) is 17.2. The molecule has 0 bridgehead atoms. The Bertz CT molecular complexity index is 2430. The van der Waals surface area contributed by atoms with Gasteiger partial charge in [0.05, 0.1) is 51.7 Å². The molecule has 60 heavy (non-hydrogen) atoms. The average molecular weight is 921 g/mol. The number of alkyl halides is 1. The minimum Gasteiger partial charge on any atom is -1.00 e. The van der Waals surface area contributed by atoms with Crippen LogP contribution < -0.4 is 52.0 Å². The van der Waals surface area contributed by atoms with Gasteiger partial charge in [0.1, 0.15) is 0 Å². The quantitative estimate of drug-likeness (QED) is 0.178. The molecule has 0 radical (unpaired) electrons. The first-order valence-electron chi connectivity index (χ1n) is 20.6. The molecule has 0 amide bonds. The van der Waals surface area contributed by atoms with E-state index < -0.39 is 0 Å². The molecule has 6 nitrogen and oxygen atoms in total. The van der Waals surface area contributed by atoms with E-state index in [4.69, 9.17) is 11.6 Å². The van der Waals surface area contributed by atoms with Crippen LogP contribution in [-0.2, 0) is 6.54 Å². The predicted octanol–water partition coefficient (Wildman–Crippen LogP) is 0.184. The Morgan fingerprint density at radius 2 is 1.23 bits per heavy atom. The number of H-pyrrole nitrogens is 2. The summed E-state index contributed by atoms with van der Waals surface area (Å²) in [4.78, 5) is 14.5. The van der Waals surface area contributed by atoms with Crippen molar-refractivity contribution >= 4 is 56.1 Å². The van der Waals surface area contributed by atoms with Crippen LogP contribution in [0.5, 0.6) is 0 Å². The third-order valence-corrected chi connectivity index (χ3v) is 13.1. The molecule has 12 heteroatoms. The van der Waals surface area contributed by atoms with Gasteiger partial charge in [-0.1, -0.05) is 36.4 Å². The fourth-order valence-electron chi connectivity index (χ4n) is 8.38. The number of likely N-dealkylation sites (tertiary alicyclic amines) is 2. The smallest absolute Gasteiger partial charge is 0.174 e. The number of hydrogen-bond donors (Lipinski definition) is 3. The summed E-state index contributed by atoms with van der Waals surface area (Å²) in [5.74, 6) is 0.829. The van der Waals surface area contributed by atoms with Crippen LogP contribution in [0.2, 0.25) is 0 Å². The number of benzene rings is 2. The first kappa shape index (κ1) is 47.4. The lowest BCUT2D eigenvalue weighted by Crippen LogP contribution is -3.13. The number of aromatic nitrogens is 4. The third kappa shape index (κ3) is 12.0. The Balaban J connectivity index is 0.000000187. The Labute approximate surface area is 386 Å². The fraction of sp³-hybridized carbons (Fsp3) is 0.292. The molecule has 10 rings (SSSR count). The molecule has 8 aromatic rings. The maximum Gasteiger partial charge on any atom is 0.174 e. The number of rotatable bonds is 9. The second-order valence-electron chi connectivity index (χ2n) is 15.3. The molecule has 2 saturated heterocycles. The van der Waals surface area contributed by atoms with Gasteiger partial charge in [0.25, 0.3) is 0 Å². The first-order chi connectivity index (χ1) is 28.2. The fourth-order valence-corrected chi connectivity index (χ4v) is 9.98. The van der Waals surface area contributed by atoms with Crippen molar-refractivity contribution in [2.24, 2.45) is 0 Å². The van der Waals surface area contributed by atoms with Crippen molar-refractivity contribution in [2.75, 3.05) is 45.1 Å². The van der Waals surface area contributed by atoms with Crippen LogP contribution in [0.15, 0.2) is 131 Å². The van der Waals surface area contributed by atoms with Crippen molar-refractivity contribution in [3.63, 3.8) is 0 Å². The van der Waals surface area contributed by atoms with Crippen LogP contribution in [0.25, 0.3) is 66.3 Å². The van der Waals surface area contributed by atoms with E-state index in [1.54, 1.807) is 32.5 Å². The number of hydrogen-bond acceptors (Lipinski definition) is 3. The molecular formula is C48H54Cl4N6S2. The predicted molar refractivity (Wildman–Crippen MR) is 242 cm³/mol. The largest absolute Gasteiger partial charge is 1.00 e. The van der Waals surface area contributed by atoms with Crippen molar-refractivity contribution in [1.29, 1.82) is 0 Å². The van der Waals surface area contributed by atoms with Gasteiger partial charge in [-0.15, -0.1) is 11.6 Å². The zero-order chi connectivity index (χ0) is 38.7. The number of aromatic amines is 2. The van der Waals surface area contributed by atoms with E-state index in [1.165, 1.54) is 127 Å². The standard InChI is InChI=1S/C24H25N3S.C17H12N2S.C7H14ClN.3ClH/c1-4-9-26(10-5-1)11-12-27-17-23(22-6-2-3-7-24(22)27)21-14-20(15-25-16-21)19-8-13-28-18-19;1-2-4-17-15(3-1)16(10-19-17)14-7-13(8-18-9-14)12-5-6-20-11-12;8-4-7-9-5-2-1-3-6-9;;;/h2-3,6-8,13-18H,1,4-5,9-12H2;1-11,19H;1-7H2;3*1H. The lowest BCUT2D eigenvalue weighted by atomic mass is 10.0. The van der Waals surface area contributed by atoms with Crippen LogP contribution >= 0.6 is 34.3 Å². The van der Waals surface area contributed by atoms with Gasteiger partial charge in [-0.05, 0) is 108 Å². The highest BCUT2D eigenvalue weighted by molar-refractivity contribution is 7.08. The number of thiophene rings is 2. The summed E-state index contributed by atoms with van der Waals surface area (Å²) in [6, 6.07) is 26.0. The van der Waals surface area contributed by atoms with Gasteiger partial charge in [0, 0.05) is 80.0 Å². The van der Waals surface area contributed by atoms with Crippen LogP contribution in [-0.4, -0.2) is 59.7 Å². The molecule has 316 valence electrons. The topological polar surface area (TPSA) is 56.6 Å². The second kappa shape index (κ2) is 24.1. The van der Waals surface area contributed by atoms with Gasteiger partial charge >= 0.3 is 0 Å². The maximum atomic E-state index is 5.61. The van der Waals surface area contributed by atoms with Gasteiger partial charge in [-0.3, -0.25) is 4.98 Å². The highest BCUT2D eigenvalue weighted by atomic mass is 35.5. The molecule has 0 atom stereocenters. The van der Waals surface area contributed by atoms with Crippen molar-refractivity contribution in [3.05, 3.63) is 131 Å². The van der Waals surface area contributed by atoms with Gasteiger partial charge in [0.2, 0.25) is 0 Å². The lowest BCUT2D eigenvalue weighted by molar-refractivity contribution is -0.905. The molecule has 2 aliphatic rings. The number of fused-ring (bicyclic) bond motifs is 2. The molecule has 2 fully saturated rings. The Kier molecular flexibility index (Phi) is 19.0. The highest BCUT2D eigenvalue weighted by Gasteiger charge is 2.17. The van der Waals surface area contributed by atoms with E-state index >= 15 is 0 Å². The van der Waals surface area contributed by atoms with E-state index in [2.05, 4.69) is 133 Å². The number of quaternary nitrogens is 2. The summed E-state index contributed by atoms with van der Waals surface area (Å²) in [6.07, 6.45) is 20.9. The van der Waals surface area contributed by atoms with Crippen molar-refractivity contribution in [2.45, 2.75) is 45.1 Å². The summed E-state index contributed by atoms with van der Waals surface area (Å²) in [6.45, 7) is 8.86. The molecule has 2 aliphatic heterocycles. The summed E-state index contributed by atoms with van der Waals surface area (Å²) in [7, 11) is 0. The molecule has 2 aromatic carbocycles. The normalized spacial score (nSPS) is 14.2. The van der Waals surface area contributed by atoms with Crippen molar-refractivity contribution in [3.8, 4) is 44.5 Å². The van der Waals surface area contributed by atoms with E-state index in [0.29, 0.717) is 0 Å².